The number of carboxylic acid groups (broad SMARTS) is 1. The molecule has 0 saturated carbocycles. The highest BCUT2D eigenvalue weighted by Crippen LogP contribution is 2.17. The third-order valence-electron chi connectivity index (χ3n) is 2.55. The molecule has 0 aromatic heterocycles. The lowest BCUT2D eigenvalue weighted by molar-refractivity contribution is -0.149. The van der Waals surface area contributed by atoms with Gasteiger partial charge in [0.25, 0.3) is 0 Å². The molecule has 0 aliphatic rings. The first-order valence-electron chi connectivity index (χ1n) is 6.54. The van der Waals surface area contributed by atoms with E-state index in [1.807, 2.05) is 0 Å². The first kappa shape index (κ1) is 19.5. The van der Waals surface area contributed by atoms with E-state index in [4.69, 9.17) is 5.11 Å². The van der Waals surface area contributed by atoms with E-state index in [1.54, 1.807) is 25.9 Å². The zero-order chi connectivity index (χ0) is 16.6. The monoisotopic (exact) mass is 313 g/mol. The van der Waals surface area contributed by atoms with Gasteiger partial charge in [0.05, 0.1) is 0 Å². The summed E-state index contributed by atoms with van der Waals surface area (Å²) in [7, 11) is 3.55. The summed E-state index contributed by atoms with van der Waals surface area (Å²) >= 11 is 0. The van der Waals surface area contributed by atoms with Crippen LogP contribution in [0, 0.1) is 0 Å². The van der Waals surface area contributed by atoms with Crippen LogP contribution in [-0.4, -0.2) is 84.8 Å². The third-order valence-corrected chi connectivity index (χ3v) is 2.55. The van der Waals surface area contributed by atoms with Gasteiger partial charge in [0.2, 0.25) is 0 Å². The molecule has 0 saturated heterocycles. The minimum Gasteiger partial charge on any atom is -0.480 e. The second kappa shape index (κ2) is 8.71. The van der Waals surface area contributed by atoms with Gasteiger partial charge in [-0.05, 0) is 20.5 Å². The molecule has 0 aliphatic carbocycles. The van der Waals surface area contributed by atoms with E-state index < -0.39 is 31.3 Å². The first-order chi connectivity index (χ1) is 9.56. The molecule has 0 aromatic carbocycles. The first-order valence-corrected chi connectivity index (χ1v) is 6.54. The van der Waals surface area contributed by atoms with Crippen molar-refractivity contribution in [3.63, 3.8) is 0 Å². The summed E-state index contributed by atoms with van der Waals surface area (Å²) < 4.78 is 37.4. The number of likely N-dealkylation sites (N-methyl/N-ethyl adjacent to an activating group) is 1. The van der Waals surface area contributed by atoms with E-state index in [0.29, 0.717) is 17.9 Å². The predicted molar refractivity (Wildman–Crippen MR) is 71.1 cm³/mol. The molecular formula is C12H22F3N3O3. The molecule has 0 heterocycles. The SMILES string of the molecule is CCCN(CCN(C)C)C(=O)N(CC(=O)O)CC(F)(F)F. The number of amides is 2. The van der Waals surface area contributed by atoms with Gasteiger partial charge in [-0.25, -0.2) is 4.79 Å². The molecule has 0 aliphatic heterocycles. The van der Waals surface area contributed by atoms with E-state index in [2.05, 4.69) is 0 Å². The zero-order valence-electron chi connectivity index (χ0n) is 12.5. The number of alkyl halides is 3. The maximum absolute atomic E-state index is 12.5. The summed E-state index contributed by atoms with van der Waals surface area (Å²) in [5.74, 6) is -1.48. The number of urea groups is 1. The van der Waals surface area contributed by atoms with Crippen LogP contribution in [0.3, 0.4) is 0 Å². The molecule has 0 rings (SSSR count). The lowest BCUT2D eigenvalue weighted by Crippen LogP contribution is -2.50. The highest BCUT2D eigenvalue weighted by Gasteiger charge is 2.35. The normalized spacial score (nSPS) is 11.6. The smallest absolute Gasteiger partial charge is 0.406 e. The summed E-state index contributed by atoms with van der Waals surface area (Å²) in [5, 5.41) is 8.67. The van der Waals surface area contributed by atoms with Crippen molar-refractivity contribution >= 4 is 12.0 Å². The maximum Gasteiger partial charge on any atom is 0.406 e. The van der Waals surface area contributed by atoms with Crippen LogP contribution < -0.4 is 0 Å². The Bertz CT molecular complexity index is 348. The number of carbonyl (C=O) groups is 2. The van der Waals surface area contributed by atoms with Gasteiger partial charge in [-0.3, -0.25) is 4.79 Å². The molecule has 0 unspecified atom stereocenters. The number of aliphatic carboxylic acids is 1. The Kier molecular flexibility index (Phi) is 8.08. The molecule has 124 valence electrons. The van der Waals surface area contributed by atoms with Gasteiger partial charge < -0.3 is 19.8 Å². The lowest BCUT2D eigenvalue weighted by atomic mass is 10.4. The fraction of sp³-hybridized carbons (Fsp3) is 0.833. The molecule has 0 spiro atoms. The number of hydrogen-bond donors (Lipinski definition) is 1. The molecule has 0 bridgehead atoms. The van der Waals surface area contributed by atoms with Crippen LogP contribution in [0.1, 0.15) is 13.3 Å². The number of hydrogen-bond acceptors (Lipinski definition) is 3. The molecule has 9 heteroatoms. The standard InChI is InChI=1S/C12H22F3N3O3/c1-4-5-17(7-6-16(2)3)11(21)18(8-10(19)20)9-12(13,14)15/h4-9H2,1-3H3,(H,19,20). The number of carbonyl (C=O) groups excluding carboxylic acids is 1. The quantitative estimate of drug-likeness (QED) is 0.734. The van der Waals surface area contributed by atoms with Crippen LogP contribution in [0.2, 0.25) is 0 Å². The molecule has 0 aromatic rings. The molecular weight excluding hydrogens is 291 g/mol. The minimum absolute atomic E-state index is 0.244. The van der Waals surface area contributed by atoms with Crippen LogP contribution in [0.25, 0.3) is 0 Å². The average molecular weight is 313 g/mol. The van der Waals surface area contributed by atoms with Gasteiger partial charge in [-0.2, -0.15) is 13.2 Å². The fourth-order valence-electron chi connectivity index (χ4n) is 1.66. The van der Waals surface area contributed by atoms with E-state index >= 15 is 0 Å². The molecule has 2 amide bonds. The summed E-state index contributed by atoms with van der Waals surface area (Å²) in [5.41, 5.74) is 0. The highest BCUT2D eigenvalue weighted by molar-refractivity contribution is 5.80. The van der Waals surface area contributed by atoms with Gasteiger partial charge >= 0.3 is 18.2 Å². The molecule has 1 N–H and O–H groups in total. The van der Waals surface area contributed by atoms with E-state index in [1.165, 1.54) is 4.90 Å². The molecule has 0 radical (unpaired) electrons. The molecule has 0 fully saturated rings. The minimum atomic E-state index is -4.63. The molecule has 21 heavy (non-hydrogen) atoms. The van der Waals surface area contributed by atoms with Crippen molar-refractivity contribution in [2.24, 2.45) is 0 Å². The predicted octanol–water partition coefficient (Wildman–Crippen LogP) is 1.33. The Hall–Kier alpha value is -1.51. The topological polar surface area (TPSA) is 64.1 Å². The van der Waals surface area contributed by atoms with Crippen molar-refractivity contribution in [3.05, 3.63) is 0 Å². The number of carboxylic acids is 1. The van der Waals surface area contributed by atoms with Crippen LogP contribution >= 0.6 is 0 Å². The Morgan fingerprint density at radius 1 is 1.05 bits per heavy atom. The van der Waals surface area contributed by atoms with Crippen molar-refractivity contribution in [1.29, 1.82) is 0 Å². The van der Waals surface area contributed by atoms with E-state index in [0.717, 1.165) is 0 Å². The number of halogens is 3. The Morgan fingerprint density at radius 3 is 2.00 bits per heavy atom. The second-order valence-electron chi connectivity index (χ2n) is 4.94. The molecule has 0 atom stereocenters. The van der Waals surface area contributed by atoms with Gasteiger partial charge in [0, 0.05) is 19.6 Å². The number of rotatable bonds is 8. The van der Waals surface area contributed by atoms with Gasteiger partial charge in [-0.1, -0.05) is 6.92 Å². The summed E-state index contributed by atoms with van der Waals surface area (Å²) in [6, 6.07) is -0.904. The van der Waals surface area contributed by atoms with Crippen molar-refractivity contribution in [1.82, 2.24) is 14.7 Å². The summed E-state index contributed by atoms with van der Waals surface area (Å²) in [4.78, 5) is 26.1. The third kappa shape index (κ3) is 9.11. The van der Waals surface area contributed by atoms with Crippen molar-refractivity contribution in [2.75, 3.05) is 46.8 Å². The van der Waals surface area contributed by atoms with Gasteiger partial charge in [0.1, 0.15) is 13.1 Å². The second-order valence-corrected chi connectivity index (χ2v) is 4.94. The van der Waals surface area contributed by atoms with Crippen molar-refractivity contribution < 1.29 is 27.9 Å². The van der Waals surface area contributed by atoms with Crippen LogP contribution in [-0.2, 0) is 4.79 Å². The highest BCUT2D eigenvalue weighted by atomic mass is 19.4. The maximum atomic E-state index is 12.5. The summed E-state index contributed by atoms with van der Waals surface area (Å²) in [6.07, 6.45) is -4.06. The zero-order valence-corrected chi connectivity index (χ0v) is 12.5. The van der Waals surface area contributed by atoms with Crippen LogP contribution in [0.5, 0.6) is 0 Å². The van der Waals surface area contributed by atoms with Crippen molar-refractivity contribution in [3.8, 4) is 0 Å². The van der Waals surface area contributed by atoms with E-state index in [9.17, 15) is 22.8 Å². The Balaban J connectivity index is 4.95. The van der Waals surface area contributed by atoms with Crippen molar-refractivity contribution in [2.45, 2.75) is 19.5 Å². The number of nitrogens with zero attached hydrogens (tertiary/aromatic N) is 3. The average Bonchev–Trinajstić information content (AvgIpc) is 2.30. The largest absolute Gasteiger partial charge is 0.480 e. The van der Waals surface area contributed by atoms with Gasteiger partial charge in [-0.15, -0.1) is 0 Å². The van der Waals surface area contributed by atoms with Crippen LogP contribution in [0.4, 0.5) is 18.0 Å². The summed E-state index contributed by atoms with van der Waals surface area (Å²) in [6.45, 7) is 0.259. The van der Waals surface area contributed by atoms with Gasteiger partial charge in [0.15, 0.2) is 0 Å². The lowest BCUT2D eigenvalue weighted by Gasteiger charge is -2.30. The van der Waals surface area contributed by atoms with E-state index in [-0.39, 0.29) is 13.1 Å². The molecule has 6 nitrogen and oxygen atoms in total. The Labute approximate surface area is 122 Å². The fourth-order valence-corrected chi connectivity index (χ4v) is 1.66. The Morgan fingerprint density at radius 2 is 1.62 bits per heavy atom. The van der Waals surface area contributed by atoms with Crippen LogP contribution in [0.15, 0.2) is 0 Å².